The van der Waals surface area contributed by atoms with E-state index in [4.69, 9.17) is 15.2 Å². The number of ether oxygens (including phenoxy) is 2. The lowest BCUT2D eigenvalue weighted by atomic mass is 9.95. The molecule has 0 fully saturated rings. The first-order valence-electron chi connectivity index (χ1n) is 7.44. The van der Waals surface area contributed by atoms with Crippen molar-refractivity contribution in [2.75, 3.05) is 20.8 Å². The maximum absolute atomic E-state index is 12.7. The molecule has 3 rings (SSSR count). The lowest BCUT2D eigenvalue weighted by Gasteiger charge is -2.33. The molecule has 1 aliphatic rings. The first-order valence-corrected chi connectivity index (χ1v) is 8.32. The number of β-amino-alcohol motifs (C(OH)–C–C–N with tert-alkyl or cyclic N) is 1. The van der Waals surface area contributed by atoms with Gasteiger partial charge in [-0.2, -0.15) is 0 Å². The summed E-state index contributed by atoms with van der Waals surface area (Å²) in [7, 11) is 3.11. The first kappa shape index (κ1) is 19.5. The fourth-order valence-corrected chi connectivity index (χ4v) is 3.54. The number of aliphatic hydroxyl groups is 1. The summed E-state index contributed by atoms with van der Waals surface area (Å²) in [6.07, 6.45) is -0.852. The maximum Gasteiger partial charge on any atom is 0.273 e. The van der Waals surface area contributed by atoms with Crippen LogP contribution < -0.4 is 15.2 Å². The van der Waals surface area contributed by atoms with Crippen molar-refractivity contribution >= 4 is 29.7 Å². The van der Waals surface area contributed by atoms with Crippen LogP contribution in [0.2, 0.25) is 0 Å². The molecule has 0 saturated carbocycles. The highest BCUT2D eigenvalue weighted by atomic mass is 35.5. The molecule has 1 aromatic carbocycles. The number of rotatable bonds is 4. The molecule has 2 heterocycles. The highest BCUT2D eigenvalue weighted by molar-refractivity contribution is 7.09. The second kappa shape index (κ2) is 8.01. The highest BCUT2D eigenvalue weighted by Crippen LogP contribution is 2.39. The summed E-state index contributed by atoms with van der Waals surface area (Å²) in [5, 5.41) is 12.9. The van der Waals surface area contributed by atoms with Gasteiger partial charge in [0.2, 0.25) is 0 Å². The molecule has 136 valence electrons. The number of carbonyl (C=O) groups excluding carboxylic acids is 1. The standard InChI is InChI=1S/C16H19N3O4S.ClH/c1-22-12-3-4-13(23-2)15-9(12)6-19(7-11(15)20)16(21)10-8-24-14(5-17)18-10;/h3-4,8,11,20H,5-7,17H2,1-2H3;1H. The van der Waals surface area contributed by atoms with E-state index in [0.29, 0.717) is 40.9 Å². The zero-order valence-electron chi connectivity index (χ0n) is 13.9. The van der Waals surface area contributed by atoms with Gasteiger partial charge in [-0.15, -0.1) is 23.7 Å². The number of hydrogen-bond acceptors (Lipinski definition) is 7. The van der Waals surface area contributed by atoms with E-state index < -0.39 is 6.10 Å². The highest BCUT2D eigenvalue weighted by Gasteiger charge is 2.32. The first-order chi connectivity index (χ1) is 11.6. The van der Waals surface area contributed by atoms with Crippen molar-refractivity contribution in [3.63, 3.8) is 0 Å². The van der Waals surface area contributed by atoms with Crippen molar-refractivity contribution in [3.8, 4) is 11.5 Å². The number of nitrogens with two attached hydrogens (primary N) is 1. The van der Waals surface area contributed by atoms with Crippen molar-refractivity contribution < 1.29 is 19.4 Å². The van der Waals surface area contributed by atoms with E-state index in [1.165, 1.54) is 11.3 Å². The fourth-order valence-electron chi connectivity index (χ4n) is 2.90. The molecule has 3 N–H and O–H groups in total. The summed E-state index contributed by atoms with van der Waals surface area (Å²) in [5.74, 6) is 0.966. The topological polar surface area (TPSA) is 97.9 Å². The number of hydrogen-bond donors (Lipinski definition) is 2. The average Bonchev–Trinajstić information content (AvgIpc) is 3.09. The smallest absolute Gasteiger partial charge is 0.273 e. The molecule has 1 atom stereocenters. The van der Waals surface area contributed by atoms with E-state index in [1.54, 1.807) is 36.6 Å². The second-order valence-corrected chi connectivity index (χ2v) is 6.34. The minimum atomic E-state index is -0.852. The van der Waals surface area contributed by atoms with Gasteiger partial charge >= 0.3 is 0 Å². The zero-order valence-corrected chi connectivity index (χ0v) is 15.5. The van der Waals surface area contributed by atoms with Crippen LogP contribution in [0.4, 0.5) is 0 Å². The van der Waals surface area contributed by atoms with Gasteiger partial charge in [0, 0.05) is 23.1 Å². The zero-order chi connectivity index (χ0) is 17.3. The molecule has 0 aliphatic carbocycles. The summed E-state index contributed by atoms with van der Waals surface area (Å²) >= 11 is 1.35. The largest absolute Gasteiger partial charge is 0.496 e. The Labute approximate surface area is 155 Å². The number of carbonyl (C=O) groups is 1. The van der Waals surface area contributed by atoms with Crippen LogP contribution in [0.1, 0.15) is 32.7 Å². The molecule has 7 nitrogen and oxygen atoms in total. The maximum atomic E-state index is 12.7. The van der Waals surface area contributed by atoms with E-state index in [-0.39, 0.29) is 24.9 Å². The Morgan fingerprint density at radius 3 is 2.68 bits per heavy atom. The van der Waals surface area contributed by atoms with Crippen LogP contribution in [0.15, 0.2) is 17.5 Å². The Bertz CT molecular complexity index is 768. The summed E-state index contributed by atoms with van der Waals surface area (Å²) in [6, 6.07) is 3.53. The van der Waals surface area contributed by atoms with Crippen molar-refractivity contribution in [1.82, 2.24) is 9.88 Å². The predicted octanol–water partition coefficient (Wildman–Crippen LogP) is 1.73. The van der Waals surface area contributed by atoms with Crippen LogP contribution in [0.25, 0.3) is 0 Å². The molecule has 0 spiro atoms. The van der Waals surface area contributed by atoms with Crippen molar-refractivity contribution in [2.24, 2.45) is 5.73 Å². The van der Waals surface area contributed by atoms with Crippen LogP contribution in [0, 0.1) is 0 Å². The Hall–Kier alpha value is -1.87. The summed E-state index contributed by atoms with van der Waals surface area (Å²) in [6.45, 7) is 0.792. The third-order valence-corrected chi connectivity index (χ3v) is 4.89. The Morgan fingerprint density at radius 1 is 1.40 bits per heavy atom. The molecule has 0 bridgehead atoms. The molecule has 25 heavy (non-hydrogen) atoms. The van der Waals surface area contributed by atoms with Gasteiger partial charge in [-0.3, -0.25) is 4.79 Å². The number of methoxy groups -OCH3 is 2. The van der Waals surface area contributed by atoms with Crippen molar-refractivity contribution in [1.29, 1.82) is 0 Å². The minimum Gasteiger partial charge on any atom is -0.496 e. The minimum absolute atomic E-state index is 0. The number of nitrogens with zero attached hydrogens (tertiary/aromatic N) is 2. The molecule has 0 radical (unpaired) electrons. The van der Waals surface area contributed by atoms with E-state index >= 15 is 0 Å². The molecule has 0 saturated heterocycles. The molecular weight excluding hydrogens is 366 g/mol. The Morgan fingerprint density at radius 2 is 2.08 bits per heavy atom. The Kier molecular flexibility index (Phi) is 6.23. The van der Waals surface area contributed by atoms with Crippen LogP contribution in [0.5, 0.6) is 11.5 Å². The van der Waals surface area contributed by atoms with Gasteiger partial charge in [0.25, 0.3) is 5.91 Å². The lowest BCUT2D eigenvalue weighted by Crippen LogP contribution is -2.38. The van der Waals surface area contributed by atoms with Gasteiger partial charge in [-0.1, -0.05) is 0 Å². The van der Waals surface area contributed by atoms with Crippen molar-refractivity contribution in [2.45, 2.75) is 19.2 Å². The van der Waals surface area contributed by atoms with Gasteiger partial charge < -0.3 is 25.2 Å². The number of aliphatic hydroxyl groups excluding tert-OH is 1. The monoisotopic (exact) mass is 385 g/mol. The predicted molar refractivity (Wildman–Crippen MR) is 96.5 cm³/mol. The number of benzene rings is 1. The van der Waals surface area contributed by atoms with Crippen LogP contribution >= 0.6 is 23.7 Å². The van der Waals surface area contributed by atoms with Crippen LogP contribution in [-0.2, 0) is 13.1 Å². The number of halogens is 1. The lowest BCUT2D eigenvalue weighted by molar-refractivity contribution is 0.0534. The number of amides is 1. The molecule has 9 heteroatoms. The molecule has 1 unspecified atom stereocenters. The summed E-state index contributed by atoms with van der Waals surface area (Å²) in [5.41, 5.74) is 7.31. The van der Waals surface area contributed by atoms with Gasteiger partial charge in [-0.25, -0.2) is 4.98 Å². The molecule has 2 aromatic rings. The molecule has 1 amide bonds. The molecule has 1 aromatic heterocycles. The molecule has 1 aliphatic heterocycles. The third kappa shape index (κ3) is 3.57. The van der Waals surface area contributed by atoms with E-state index in [0.717, 1.165) is 5.56 Å². The Balaban J connectivity index is 0.00000225. The van der Waals surface area contributed by atoms with Gasteiger partial charge in [-0.05, 0) is 12.1 Å². The molecular formula is C16H20ClN3O4S. The number of thiazole rings is 1. The second-order valence-electron chi connectivity index (χ2n) is 5.39. The van der Waals surface area contributed by atoms with Crippen molar-refractivity contribution in [3.05, 3.63) is 39.3 Å². The number of aromatic nitrogens is 1. The average molecular weight is 386 g/mol. The summed E-state index contributed by atoms with van der Waals surface area (Å²) < 4.78 is 10.7. The SMILES string of the molecule is COc1ccc(OC)c2c1CN(C(=O)c1csc(CN)n1)CC2O.Cl. The quantitative estimate of drug-likeness (QED) is 0.831. The van der Waals surface area contributed by atoms with Gasteiger partial charge in [0.05, 0.1) is 27.3 Å². The summed E-state index contributed by atoms with van der Waals surface area (Å²) in [4.78, 5) is 18.5. The van der Waals surface area contributed by atoms with Gasteiger partial charge in [0.15, 0.2) is 0 Å². The van der Waals surface area contributed by atoms with Gasteiger partial charge in [0.1, 0.15) is 28.3 Å². The van der Waals surface area contributed by atoms with E-state index in [1.807, 2.05) is 0 Å². The third-order valence-electron chi connectivity index (χ3n) is 4.02. The number of fused-ring (bicyclic) bond motifs is 1. The normalized spacial score (nSPS) is 16.0. The fraction of sp³-hybridized carbons (Fsp3) is 0.375. The van der Waals surface area contributed by atoms with E-state index in [2.05, 4.69) is 4.98 Å². The van der Waals surface area contributed by atoms with Crippen LogP contribution in [-0.4, -0.2) is 41.7 Å². The van der Waals surface area contributed by atoms with Crippen LogP contribution in [0.3, 0.4) is 0 Å². The van der Waals surface area contributed by atoms with E-state index in [9.17, 15) is 9.90 Å².